The van der Waals surface area contributed by atoms with Crippen LogP contribution < -0.4 is 0 Å². The van der Waals surface area contributed by atoms with Gasteiger partial charge in [0.1, 0.15) is 0 Å². The first-order valence-corrected chi connectivity index (χ1v) is 3.90. The smallest absolute Gasteiger partial charge is 0.0407 e. The average molecular weight is 145 g/mol. The van der Waals surface area contributed by atoms with Gasteiger partial charge in [-0.3, -0.25) is 4.98 Å². The van der Waals surface area contributed by atoms with E-state index in [2.05, 4.69) is 31.0 Å². The van der Waals surface area contributed by atoms with Crippen molar-refractivity contribution in [3.63, 3.8) is 0 Å². The van der Waals surface area contributed by atoms with Gasteiger partial charge in [0.2, 0.25) is 0 Å². The van der Waals surface area contributed by atoms with Gasteiger partial charge in [0.25, 0.3) is 0 Å². The van der Waals surface area contributed by atoms with Crippen molar-refractivity contribution in [2.24, 2.45) is 0 Å². The summed E-state index contributed by atoms with van der Waals surface area (Å²) in [5.41, 5.74) is 5.23. The van der Waals surface area contributed by atoms with E-state index in [4.69, 9.17) is 0 Å². The molecule has 0 atom stereocenters. The highest BCUT2D eigenvalue weighted by Gasteiger charge is 2.08. The van der Waals surface area contributed by atoms with E-state index in [-0.39, 0.29) is 0 Å². The fourth-order valence-corrected chi connectivity index (χ4v) is 1.48. The van der Waals surface area contributed by atoms with Crippen LogP contribution in [0.15, 0.2) is 12.3 Å². The van der Waals surface area contributed by atoms with Crippen molar-refractivity contribution in [1.29, 1.82) is 0 Å². The molecular weight excluding hydrogens is 134 g/mol. The van der Waals surface area contributed by atoms with Gasteiger partial charge in [-0.2, -0.15) is 0 Å². The molecule has 0 saturated carbocycles. The van der Waals surface area contributed by atoms with Crippen LogP contribution in [0, 0.1) is 13.8 Å². The van der Waals surface area contributed by atoms with Crippen LogP contribution in [0.25, 0.3) is 6.08 Å². The standard InChI is InChI=1S/C10H11N/c1-7-8(2)11-6-9-4-3-5-10(7)9/h3,5-6H,4H2,1-2H3. The maximum atomic E-state index is 4.31. The molecule has 1 aliphatic rings. The maximum absolute atomic E-state index is 4.31. The Morgan fingerprint density at radius 2 is 2.18 bits per heavy atom. The Morgan fingerprint density at radius 3 is 3.00 bits per heavy atom. The number of fused-ring (bicyclic) bond motifs is 1. The molecule has 56 valence electrons. The van der Waals surface area contributed by atoms with Gasteiger partial charge in [0.05, 0.1) is 0 Å². The molecule has 2 rings (SSSR count). The fourth-order valence-electron chi connectivity index (χ4n) is 1.48. The second-order valence-electron chi connectivity index (χ2n) is 3.01. The topological polar surface area (TPSA) is 12.9 Å². The minimum atomic E-state index is 1.06. The van der Waals surface area contributed by atoms with Crippen molar-refractivity contribution in [2.45, 2.75) is 20.3 Å². The predicted octanol–water partition coefficient (Wildman–Crippen LogP) is 2.27. The number of pyridine rings is 1. The first-order valence-electron chi connectivity index (χ1n) is 3.90. The zero-order chi connectivity index (χ0) is 7.84. The number of aromatic nitrogens is 1. The molecule has 1 aliphatic carbocycles. The Balaban J connectivity index is 2.70. The molecule has 11 heavy (non-hydrogen) atoms. The van der Waals surface area contributed by atoms with E-state index in [0.29, 0.717) is 0 Å². The number of aryl methyl sites for hydroxylation is 1. The second-order valence-corrected chi connectivity index (χ2v) is 3.01. The maximum Gasteiger partial charge on any atom is 0.0407 e. The molecule has 1 heteroatoms. The van der Waals surface area contributed by atoms with Crippen molar-refractivity contribution in [2.75, 3.05) is 0 Å². The number of rotatable bonds is 0. The SMILES string of the molecule is Cc1ncc2c(c1C)C=CC2. The van der Waals surface area contributed by atoms with Gasteiger partial charge >= 0.3 is 0 Å². The van der Waals surface area contributed by atoms with Gasteiger partial charge in [0, 0.05) is 11.9 Å². The summed E-state index contributed by atoms with van der Waals surface area (Å²) in [6.45, 7) is 4.19. The lowest BCUT2D eigenvalue weighted by atomic mass is 10.1. The quantitative estimate of drug-likeness (QED) is 0.545. The number of nitrogens with zero attached hydrogens (tertiary/aromatic N) is 1. The van der Waals surface area contributed by atoms with Crippen LogP contribution in [-0.2, 0) is 6.42 Å². The van der Waals surface area contributed by atoms with Crippen LogP contribution in [0.4, 0.5) is 0 Å². The Labute approximate surface area is 66.8 Å². The zero-order valence-electron chi connectivity index (χ0n) is 6.89. The van der Waals surface area contributed by atoms with Crippen LogP contribution in [0.3, 0.4) is 0 Å². The summed E-state index contributed by atoms with van der Waals surface area (Å²) in [6, 6.07) is 0. The molecule has 1 aromatic heterocycles. The molecule has 0 aromatic carbocycles. The Morgan fingerprint density at radius 1 is 1.36 bits per heavy atom. The number of allylic oxidation sites excluding steroid dienone is 1. The third kappa shape index (κ3) is 0.881. The molecule has 0 bridgehead atoms. The summed E-state index contributed by atoms with van der Waals surface area (Å²) < 4.78 is 0. The summed E-state index contributed by atoms with van der Waals surface area (Å²) in [5.74, 6) is 0. The van der Waals surface area contributed by atoms with Gasteiger partial charge in [-0.05, 0) is 37.0 Å². The molecule has 0 unspecified atom stereocenters. The highest BCUT2D eigenvalue weighted by molar-refractivity contribution is 5.63. The van der Waals surface area contributed by atoms with Gasteiger partial charge in [0.15, 0.2) is 0 Å². The van der Waals surface area contributed by atoms with Gasteiger partial charge in [-0.25, -0.2) is 0 Å². The summed E-state index contributed by atoms with van der Waals surface area (Å²) >= 11 is 0. The van der Waals surface area contributed by atoms with Crippen LogP contribution in [0.1, 0.15) is 22.4 Å². The van der Waals surface area contributed by atoms with Gasteiger partial charge in [-0.1, -0.05) is 12.2 Å². The monoisotopic (exact) mass is 145 g/mol. The Hall–Kier alpha value is -1.11. The summed E-state index contributed by atoms with van der Waals surface area (Å²) in [5, 5.41) is 0. The zero-order valence-corrected chi connectivity index (χ0v) is 6.89. The molecule has 0 spiro atoms. The van der Waals surface area contributed by atoms with Crippen molar-refractivity contribution in [1.82, 2.24) is 4.98 Å². The van der Waals surface area contributed by atoms with Crippen LogP contribution in [-0.4, -0.2) is 4.98 Å². The highest BCUT2D eigenvalue weighted by Crippen LogP contribution is 2.23. The lowest BCUT2D eigenvalue weighted by molar-refractivity contribution is 1.10. The average Bonchev–Trinajstić information content (AvgIpc) is 2.45. The lowest BCUT2D eigenvalue weighted by Gasteiger charge is -2.04. The van der Waals surface area contributed by atoms with E-state index in [0.717, 1.165) is 12.1 Å². The molecule has 1 aromatic rings. The predicted molar refractivity (Wildman–Crippen MR) is 46.4 cm³/mol. The van der Waals surface area contributed by atoms with Crippen LogP contribution in [0.2, 0.25) is 0 Å². The number of hydrogen-bond donors (Lipinski definition) is 0. The number of hydrogen-bond acceptors (Lipinski definition) is 1. The lowest BCUT2D eigenvalue weighted by Crippen LogP contribution is -1.92. The summed E-state index contributed by atoms with van der Waals surface area (Å²) in [7, 11) is 0. The summed E-state index contributed by atoms with van der Waals surface area (Å²) in [6.07, 6.45) is 7.43. The van der Waals surface area contributed by atoms with E-state index in [1.807, 2.05) is 6.20 Å². The molecule has 0 amide bonds. The molecule has 0 N–H and O–H groups in total. The third-order valence-corrected chi connectivity index (χ3v) is 2.33. The second kappa shape index (κ2) is 2.19. The Bertz CT molecular complexity index is 324. The third-order valence-electron chi connectivity index (χ3n) is 2.33. The molecule has 0 fully saturated rings. The van der Waals surface area contributed by atoms with E-state index in [1.165, 1.54) is 16.7 Å². The fraction of sp³-hybridized carbons (Fsp3) is 0.300. The normalized spacial score (nSPS) is 13.6. The van der Waals surface area contributed by atoms with E-state index < -0.39 is 0 Å². The first kappa shape index (κ1) is 6.59. The van der Waals surface area contributed by atoms with Crippen molar-refractivity contribution < 1.29 is 0 Å². The summed E-state index contributed by atoms with van der Waals surface area (Å²) in [4.78, 5) is 4.31. The van der Waals surface area contributed by atoms with Crippen LogP contribution >= 0.6 is 0 Å². The van der Waals surface area contributed by atoms with E-state index in [1.54, 1.807) is 0 Å². The molecule has 0 aliphatic heterocycles. The molecule has 0 saturated heterocycles. The van der Waals surface area contributed by atoms with Crippen molar-refractivity contribution in [3.8, 4) is 0 Å². The van der Waals surface area contributed by atoms with E-state index >= 15 is 0 Å². The Kier molecular flexibility index (Phi) is 1.31. The molecule has 0 radical (unpaired) electrons. The molecule has 1 heterocycles. The van der Waals surface area contributed by atoms with Crippen LogP contribution in [0.5, 0.6) is 0 Å². The minimum absolute atomic E-state index is 1.06. The highest BCUT2D eigenvalue weighted by atomic mass is 14.7. The van der Waals surface area contributed by atoms with Crippen molar-refractivity contribution >= 4 is 6.08 Å². The first-order chi connectivity index (χ1) is 5.29. The largest absolute Gasteiger partial charge is 0.261 e. The van der Waals surface area contributed by atoms with E-state index in [9.17, 15) is 0 Å². The molecule has 1 nitrogen and oxygen atoms in total. The molecular formula is C10H11N. The van der Waals surface area contributed by atoms with Gasteiger partial charge < -0.3 is 0 Å². The van der Waals surface area contributed by atoms with Gasteiger partial charge in [-0.15, -0.1) is 0 Å². The minimum Gasteiger partial charge on any atom is -0.261 e. The van der Waals surface area contributed by atoms with Crippen molar-refractivity contribution in [3.05, 3.63) is 34.7 Å².